The minimum Gasteiger partial charge on any atom is -0.385 e. The van der Waals surface area contributed by atoms with Crippen LogP contribution in [0.5, 0.6) is 0 Å². The summed E-state index contributed by atoms with van der Waals surface area (Å²) < 4.78 is 0. The first kappa shape index (κ1) is 15.3. The summed E-state index contributed by atoms with van der Waals surface area (Å²) in [6.07, 6.45) is 1.89. The second kappa shape index (κ2) is 7.09. The molecule has 0 aromatic heterocycles. The average molecular weight is 305 g/mol. The molecule has 0 aliphatic heterocycles. The highest BCUT2D eigenvalue weighted by atomic mass is 35.5. The van der Waals surface area contributed by atoms with Gasteiger partial charge in [-0.1, -0.05) is 29.8 Å². The van der Waals surface area contributed by atoms with Gasteiger partial charge in [0.05, 0.1) is 4.92 Å². The largest absolute Gasteiger partial charge is 0.385 e. The molecule has 0 spiro atoms. The number of hydrogen-bond acceptors (Lipinski definition) is 3. The van der Waals surface area contributed by atoms with E-state index in [1.54, 1.807) is 19.1 Å². The number of halogens is 1. The van der Waals surface area contributed by atoms with E-state index in [4.69, 9.17) is 11.6 Å². The van der Waals surface area contributed by atoms with E-state index in [-0.39, 0.29) is 10.6 Å². The van der Waals surface area contributed by atoms with E-state index in [0.717, 1.165) is 30.1 Å². The molecule has 1 N–H and O–H groups in total. The van der Waals surface area contributed by atoms with Crippen LogP contribution in [0.3, 0.4) is 0 Å². The lowest BCUT2D eigenvalue weighted by Gasteiger charge is -2.07. The summed E-state index contributed by atoms with van der Waals surface area (Å²) in [7, 11) is 0. The van der Waals surface area contributed by atoms with Crippen molar-refractivity contribution >= 4 is 23.0 Å². The van der Waals surface area contributed by atoms with Gasteiger partial charge in [-0.2, -0.15) is 0 Å². The first-order valence-corrected chi connectivity index (χ1v) is 7.17. The van der Waals surface area contributed by atoms with Crippen LogP contribution in [0.4, 0.5) is 11.4 Å². The summed E-state index contributed by atoms with van der Waals surface area (Å²) in [4.78, 5) is 10.5. The van der Waals surface area contributed by atoms with Crippen molar-refractivity contribution in [3.05, 3.63) is 68.7 Å². The van der Waals surface area contributed by atoms with Gasteiger partial charge in [-0.25, -0.2) is 0 Å². The maximum absolute atomic E-state index is 10.9. The van der Waals surface area contributed by atoms with Crippen LogP contribution in [0, 0.1) is 17.0 Å². The molecule has 0 fully saturated rings. The number of nitrogens with one attached hydrogen (secondary N) is 1. The first-order valence-electron chi connectivity index (χ1n) is 6.79. The maximum Gasteiger partial charge on any atom is 0.274 e. The van der Waals surface area contributed by atoms with Crippen LogP contribution in [0.2, 0.25) is 5.02 Å². The first-order chi connectivity index (χ1) is 10.1. The summed E-state index contributed by atoms with van der Waals surface area (Å²) in [6, 6.07) is 13.0. The van der Waals surface area contributed by atoms with Gasteiger partial charge in [-0.05, 0) is 43.5 Å². The Kier molecular flexibility index (Phi) is 5.17. The standard InChI is InChI=1S/C16H17ClN2O2/c1-12-4-9-15(11-16(12)19(20)21)18-10-2-3-13-5-7-14(17)8-6-13/h4-9,11,18H,2-3,10H2,1H3. The van der Waals surface area contributed by atoms with Gasteiger partial charge in [-0.15, -0.1) is 0 Å². The predicted molar refractivity (Wildman–Crippen MR) is 86.1 cm³/mol. The molecule has 0 radical (unpaired) electrons. The fourth-order valence-corrected chi connectivity index (χ4v) is 2.22. The molecule has 0 saturated heterocycles. The topological polar surface area (TPSA) is 55.2 Å². The molecule has 2 rings (SSSR count). The lowest BCUT2D eigenvalue weighted by Crippen LogP contribution is -2.04. The lowest BCUT2D eigenvalue weighted by molar-refractivity contribution is -0.385. The lowest BCUT2D eigenvalue weighted by atomic mass is 10.1. The van der Waals surface area contributed by atoms with Gasteiger partial charge in [0, 0.05) is 28.9 Å². The van der Waals surface area contributed by atoms with Crippen molar-refractivity contribution in [2.45, 2.75) is 19.8 Å². The SMILES string of the molecule is Cc1ccc(NCCCc2ccc(Cl)cc2)cc1[N+](=O)[O-]. The van der Waals surface area contributed by atoms with Gasteiger partial charge >= 0.3 is 0 Å². The normalized spacial score (nSPS) is 10.4. The number of aryl methyl sites for hydroxylation is 2. The van der Waals surface area contributed by atoms with Gasteiger partial charge in [0.15, 0.2) is 0 Å². The van der Waals surface area contributed by atoms with E-state index >= 15 is 0 Å². The second-order valence-corrected chi connectivity index (χ2v) is 5.35. The van der Waals surface area contributed by atoms with E-state index in [1.165, 1.54) is 5.56 Å². The van der Waals surface area contributed by atoms with Crippen molar-refractivity contribution in [3.8, 4) is 0 Å². The van der Waals surface area contributed by atoms with Crippen molar-refractivity contribution in [2.24, 2.45) is 0 Å². The van der Waals surface area contributed by atoms with Crippen LogP contribution < -0.4 is 5.32 Å². The summed E-state index contributed by atoms with van der Waals surface area (Å²) >= 11 is 5.84. The number of nitrogens with zero attached hydrogens (tertiary/aromatic N) is 1. The molecule has 0 unspecified atom stereocenters. The van der Waals surface area contributed by atoms with Crippen molar-refractivity contribution in [3.63, 3.8) is 0 Å². The number of nitro benzene ring substituents is 1. The Morgan fingerprint density at radius 3 is 2.57 bits per heavy atom. The predicted octanol–water partition coefficient (Wildman–Crippen LogP) is 4.60. The molecule has 0 heterocycles. The zero-order valence-electron chi connectivity index (χ0n) is 11.8. The Bertz CT molecular complexity index is 627. The summed E-state index contributed by atoms with van der Waals surface area (Å²) in [6.45, 7) is 2.51. The van der Waals surface area contributed by atoms with E-state index < -0.39 is 0 Å². The molecular weight excluding hydrogens is 288 g/mol. The van der Waals surface area contributed by atoms with Crippen molar-refractivity contribution in [1.82, 2.24) is 0 Å². The Morgan fingerprint density at radius 1 is 1.19 bits per heavy atom. The van der Waals surface area contributed by atoms with Crippen LogP contribution in [0.15, 0.2) is 42.5 Å². The minimum atomic E-state index is -0.353. The van der Waals surface area contributed by atoms with Gasteiger partial charge in [0.25, 0.3) is 5.69 Å². The summed E-state index contributed by atoms with van der Waals surface area (Å²) in [5.74, 6) is 0. The smallest absolute Gasteiger partial charge is 0.274 e. The zero-order valence-corrected chi connectivity index (χ0v) is 12.6. The summed E-state index contributed by atoms with van der Waals surface area (Å²) in [5.41, 5.74) is 2.84. The van der Waals surface area contributed by atoms with Crippen LogP contribution in [-0.2, 0) is 6.42 Å². The van der Waals surface area contributed by atoms with E-state index in [9.17, 15) is 10.1 Å². The van der Waals surface area contributed by atoms with Gasteiger partial charge < -0.3 is 5.32 Å². The quantitative estimate of drug-likeness (QED) is 0.482. The van der Waals surface area contributed by atoms with E-state index in [1.807, 2.05) is 30.3 Å². The number of nitro groups is 1. The zero-order chi connectivity index (χ0) is 15.2. The maximum atomic E-state index is 10.9. The van der Waals surface area contributed by atoms with Crippen LogP contribution in [0.25, 0.3) is 0 Å². The molecule has 2 aromatic carbocycles. The third-order valence-electron chi connectivity index (χ3n) is 3.29. The molecule has 110 valence electrons. The Balaban J connectivity index is 1.85. The minimum absolute atomic E-state index is 0.151. The number of rotatable bonds is 6. The highest BCUT2D eigenvalue weighted by molar-refractivity contribution is 6.30. The highest BCUT2D eigenvalue weighted by Crippen LogP contribution is 2.22. The molecule has 0 saturated carbocycles. The monoisotopic (exact) mass is 304 g/mol. The van der Waals surface area contributed by atoms with Gasteiger partial charge in [0.2, 0.25) is 0 Å². The molecule has 5 heteroatoms. The Morgan fingerprint density at radius 2 is 1.90 bits per heavy atom. The molecule has 0 bridgehead atoms. The number of benzene rings is 2. The van der Waals surface area contributed by atoms with Crippen LogP contribution >= 0.6 is 11.6 Å². The Hall–Kier alpha value is -2.07. The van der Waals surface area contributed by atoms with Crippen LogP contribution in [-0.4, -0.2) is 11.5 Å². The Labute approximate surface area is 128 Å². The number of anilines is 1. The van der Waals surface area contributed by atoms with Crippen molar-refractivity contribution in [1.29, 1.82) is 0 Å². The van der Waals surface area contributed by atoms with Gasteiger partial charge in [-0.3, -0.25) is 10.1 Å². The van der Waals surface area contributed by atoms with Crippen LogP contribution in [0.1, 0.15) is 17.5 Å². The molecule has 0 atom stereocenters. The average Bonchev–Trinajstić information content (AvgIpc) is 2.46. The molecule has 0 aliphatic carbocycles. The molecule has 0 aliphatic rings. The van der Waals surface area contributed by atoms with Gasteiger partial charge in [0.1, 0.15) is 0 Å². The molecule has 0 amide bonds. The highest BCUT2D eigenvalue weighted by Gasteiger charge is 2.10. The van der Waals surface area contributed by atoms with Crippen molar-refractivity contribution in [2.75, 3.05) is 11.9 Å². The molecule has 2 aromatic rings. The third-order valence-corrected chi connectivity index (χ3v) is 3.54. The van der Waals surface area contributed by atoms with E-state index in [2.05, 4.69) is 5.32 Å². The summed E-state index contributed by atoms with van der Waals surface area (Å²) in [5, 5.41) is 14.8. The van der Waals surface area contributed by atoms with E-state index in [0.29, 0.717) is 5.56 Å². The molecule has 21 heavy (non-hydrogen) atoms. The fourth-order valence-electron chi connectivity index (χ4n) is 2.09. The van der Waals surface area contributed by atoms with Crippen molar-refractivity contribution < 1.29 is 4.92 Å². The molecule has 4 nitrogen and oxygen atoms in total. The third kappa shape index (κ3) is 4.46. The number of hydrogen-bond donors (Lipinski definition) is 1. The fraction of sp³-hybridized carbons (Fsp3) is 0.250. The second-order valence-electron chi connectivity index (χ2n) is 4.92. The molecular formula is C16H17ClN2O2.